The van der Waals surface area contributed by atoms with Crippen molar-refractivity contribution in [3.63, 3.8) is 0 Å². The van der Waals surface area contributed by atoms with Gasteiger partial charge in [-0.1, -0.05) is 29.8 Å². The van der Waals surface area contributed by atoms with E-state index in [4.69, 9.17) is 11.6 Å². The number of nitrogens with zero attached hydrogens (tertiary/aromatic N) is 2. The van der Waals surface area contributed by atoms with Gasteiger partial charge in [0.1, 0.15) is 0 Å². The van der Waals surface area contributed by atoms with E-state index in [1.54, 1.807) is 24.3 Å². The van der Waals surface area contributed by atoms with Crippen molar-refractivity contribution in [2.45, 2.75) is 19.8 Å². The molecular formula is C21H23ClN2O2. The zero-order valence-corrected chi connectivity index (χ0v) is 15.7. The van der Waals surface area contributed by atoms with Crippen LogP contribution in [-0.4, -0.2) is 36.3 Å². The van der Waals surface area contributed by atoms with Crippen LogP contribution in [0.4, 0.5) is 5.69 Å². The minimum absolute atomic E-state index is 0.00275. The number of amides is 2. The van der Waals surface area contributed by atoms with Crippen molar-refractivity contribution in [2.24, 2.45) is 5.92 Å². The normalized spacial score (nSPS) is 14.9. The van der Waals surface area contributed by atoms with Crippen LogP contribution in [0.3, 0.4) is 0 Å². The van der Waals surface area contributed by atoms with E-state index < -0.39 is 0 Å². The number of anilines is 1. The average molecular weight is 371 g/mol. The SMILES string of the molecule is CCN(C(=O)C1CCN(C(=O)c2ccc(Cl)cc2)CC1)c1ccccc1. The van der Waals surface area contributed by atoms with E-state index in [1.807, 2.05) is 47.1 Å². The number of rotatable bonds is 4. The first-order chi connectivity index (χ1) is 12.6. The Morgan fingerprint density at radius 1 is 1.04 bits per heavy atom. The highest BCUT2D eigenvalue weighted by molar-refractivity contribution is 6.30. The van der Waals surface area contributed by atoms with Crippen LogP contribution in [0.15, 0.2) is 54.6 Å². The Hall–Kier alpha value is -2.33. The van der Waals surface area contributed by atoms with Crippen LogP contribution in [0.2, 0.25) is 5.02 Å². The Balaban J connectivity index is 1.61. The van der Waals surface area contributed by atoms with Crippen molar-refractivity contribution in [3.05, 3.63) is 65.2 Å². The molecule has 0 radical (unpaired) electrons. The second kappa shape index (κ2) is 8.37. The molecule has 1 fully saturated rings. The van der Waals surface area contributed by atoms with Crippen molar-refractivity contribution < 1.29 is 9.59 Å². The molecule has 2 aromatic carbocycles. The molecular weight excluding hydrogens is 348 g/mol. The zero-order valence-electron chi connectivity index (χ0n) is 14.9. The van der Waals surface area contributed by atoms with Crippen molar-refractivity contribution in [2.75, 3.05) is 24.5 Å². The van der Waals surface area contributed by atoms with E-state index >= 15 is 0 Å². The molecule has 4 nitrogen and oxygen atoms in total. The molecule has 26 heavy (non-hydrogen) atoms. The molecule has 2 amide bonds. The van der Waals surface area contributed by atoms with E-state index in [-0.39, 0.29) is 17.7 Å². The van der Waals surface area contributed by atoms with Crippen molar-refractivity contribution >= 4 is 29.1 Å². The summed E-state index contributed by atoms with van der Waals surface area (Å²) in [6.45, 7) is 3.84. The first kappa shape index (κ1) is 18.5. The van der Waals surface area contributed by atoms with Gasteiger partial charge in [-0.05, 0) is 56.2 Å². The highest BCUT2D eigenvalue weighted by Gasteiger charge is 2.30. The number of benzene rings is 2. The third-order valence-electron chi connectivity index (χ3n) is 4.87. The maximum atomic E-state index is 12.9. The Morgan fingerprint density at radius 3 is 2.23 bits per heavy atom. The van der Waals surface area contributed by atoms with Crippen LogP contribution in [-0.2, 0) is 4.79 Å². The number of likely N-dealkylation sites (tertiary alicyclic amines) is 1. The number of carbonyl (C=O) groups is 2. The van der Waals surface area contributed by atoms with E-state index in [0.29, 0.717) is 43.1 Å². The Kier molecular flexibility index (Phi) is 5.94. The van der Waals surface area contributed by atoms with Crippen molar-refractivity contribution in [1.82, 2.24) is 4.90 Å². The van der Waals surface area contributed by atoms with E-state index in [1.165, 1.54) is 0 Å². The zero-order chi connectivity index (χ0) is 18.5. The second-order valence-electron chi connectivity index (χ2n) is 6.49. The van der Waals surface area contributed by atoms with Crippen LogP contribution in [0.5, 0.6) is 0 Å². The summed E-state index contributed by atoms with van der Waals surface area (Å²) in [7, 11) is 0. The van der Waals surface area contributed by atoms with Gasteiger partial charge in [-0.25, -0.2) is 0 Å². The van der Waals surface area contributed by atoms with Crippen molar-refractivity contribution in [1.29, 1.82) is 0 Å². The van der Waals surface area contributed by atoms with Gasteiger partial charge < -0.3 is 9.80 Å². The summed E-state index contributed by atoms with van der Waals surface area (Å²) in [6.07, 6.45) is 1.39. The number of carbonyl (C=O) groups excluding carboxylic acids is 2. The fourth-order valence-electron chi connectivity index (χ4n) is 3.40. The summed E-state index contributed by atoms with van der Waals surface area (Å²) in [5.74, 6) is 0.115. The lowest BCUT2D eigenvalue weighted by Crippen LogP contribution is -2.44. The van der Waals surface area contributed by atoms with Gasteiger partial charge >= 0.3 is 0 Å². The molecule has 2 aromatic rings. The summed E-state index contributed by atoms with van der Waals surface area (Å²) in [5.41, 5.74) is 1.57. The number of hydrogen-bond acceptors (Lipinski definition) is 2. The van der Waals surface area contributed by atoms with E-state index in [0.717, 1.165) is 5.69 Å². The van der Waals surface area contributed by atoms with Crippen molar-refractivity contribution in [3.8, 4) is 0 Å². The molecule has 0 bridgehead atoms. The topological polar surface area (TPSA) is 40.6 Å². The molecule has 136 valence electrons. The van der Waals surface area contributed by atoms with Gasteiger partial charge in [-0.15, -0.1) is 0 Å². The van der Waals surface area contributed by atoms with Crippen LogP contribution in [0, 0.1) is 5.92 Å². The number of halogens is 1. The van der Waals surface area contributed by atoms with Gasteiger partial charge in [0.25, 0.3) is 5.91 Å². The largest absolute Gasteiger partial charge is 0.339 e. The first-order valence-corrected chi connectivity index (χ1v) is 9.39. The standard InChI is InChI=1S/C21H23ClN2O2/c1-2-24(19-6-4-3-5-7-19)21(26)17-12-14-23(15-13-17)20(25)16-8-10-18(22)11-9-16/h3-11,17H,2,12-15H2,1H3. The van der Waals surface area contributed by atoms with Gasteiger partial charge in [0.05, 0.1) is 0 Å². The fraction of sp³-hybridized carbons (Fsp3) is 0.333. The van der Waals surface area contributed by atoms with E-state index in [2.05, 4.69) is 0 Å². The minimum atomic E-state index is -0.0376. The maximum Gasteiger partial charge on any atom is 0.253 e. The molecule has 0 aliphatic carbocycles. The first-order valence-electron chi connectivity index (χ1n) is 9.01. The smallest absolute Gasteiger partial charge is 0.253 e. The summed E-state index contributed by atoms with van der Waals surface area (Å²) in [4.78, 5) is 29.2. The molecule has 3 rings (SSSR count). The second-order valence-corrected chi connectivity index (χ2v) is 6.93. The predicted molar refractivity (Wildman–Crippen MR) is 105 cm³/mol. The molecule has 5 heteroatoms. The molecule has 1 heterocycles. The Morgan fingerprint density at radius 2 is 1.65 bits per heavy atom. The summed E-state index contributed by atoms with van der Waals surface area (Å²) < 4.78 is 0. The molecule has 1 aliphatic rings. The molecule has 1 saturated heterocycles. The van der Waals surface area contributed by atoms with E-state index in [9.17, 15) is 9.59 Å². The van der Waals surface area contributed by atoms with Crippen LogP contribution < -0.4 is 4.90 Å². The van der Waals surface area contributed by atoms with Gasteiger partial charge in [0, 0.05) is 41.8 Å². The lowest BCUT2D eigenvalue weighted by molar-refractivity contribution is -0.123. The average Bonchev–Trinajstić information content (AvgIpc) is 2.69. The van der Waals surface area contributed by atoms with Gasteiger partial charge in [0.15, 0.2) is 0 Å². The number of hydrogen-bond donors (Lipinski definition) is 0. The Bertz CT molecular complexity index is 753. The molecule has 0 saturated carbocycles. The molecule has 0 N–H and O–H groups in total. The third kappa shape index (κ3) is 4.07. The molecule has 1 aliphatic heterocycles. The summed E-state index contributed by atoms with van der Waals surface area (Å²) >= 11 is 5.88. The fourth-order valence-corrected chi connectivity index (χ4v) is 3.52. The highest BCUT2D eigenvalue weighted by atomic mass is 35.5. The van der Waals surface area contributed by atoms with Crippen LogP contribution in [0.25, 0.3) is 0 Å². The molecule has 0 unspecified atom stereocenters. The highest BCUT2D eigenvalue weighted by Crippen LogP contribution is 2.24. The molecule has 0 aromatic heterocycles. The molecule has 0 spiro atoms. The van der Waals surface area contributed by atoms with Crippen LogP contribution in [0.1, 0.15) is 30.1 Å². The number of piperidine rings is 1. The minimum Gasteiger partial charge on any atom is -0.339 e. The number of para-hydroxylation sites is 1. The predicted octanol–water partition coefficient (Wildman–Crippen LogP) is 4.25. The van der Waals surface area contributed by atoms with Gasteiger partial charge in [0.2, 0.25) is 5.91 Å². The van der Waals surface area contributed by atoms with Gasteiger partial charge in [-0.3, -0.25) is 9.59 Å². The quantitative estimate of drug-likeness (QED) is 0.807. The maximum absolute atomic E-state index is 12.9. The monoisotopic (exact) mass is 370 g/mol. The molecule has 0 atom stereocenters. The Labute approximate surface area is 159 Å². The summed E-state index contributed by atoms with van der Waals surface area (Å²) in [6, 6.07) is 16.7. The van der Waals surface area contributed by atoms with Gasteiger partial charge in [-0.2, -0.15) is 0 Å². The summed E-state index contributed by atoms with van der Waals surface area (Å²) in [5, 5.41) is 0.617. The van der Waals surface area contributed by atoms with Crippen LogP contribution >= 0.6 is 11.6 Å². The third-order valence-corrected chi connectivity index (χ3v) is 5.12. The lowest BCUT2D eigenvalue weighted by Gasteiger charge is -2.34. The lowest BCUT2D eigenvalue weighted by atomic mass is 9.94.